The second-order valence-electron chi connectivity index (χ2n) is 3.22. The minimum absolute atomic E-state index is 0.0214. The number of hydrogen-bond acceptors (Lipinski definition) is 3. The van der Waals surface area contributed by atoms with Crippen LogP contribution in [0.4, 0.5) is 0 Å². The number of carbonyl (C=O) groups is 2. The number of phenolic OH excluding ortho intramolecular Hbond substituents is 1. The van der Waals surface area contributed by atoms with E-state index in [2.05, 4.69) is 0 Å². The molecule has 0 aliphatic heterocycles. The topological polar surface area (TPSA) is 77.8 Å². The van der Waals surface area contributed by atoms with E-state index in [1.165, 1.54) is 25.2 Å². The van der Waals surface area contributed by atoms with Gasteiger partial charge in [-0.2, -0.15) is 0 Å². The molecule has 5 nitrogen and oxygen atoms in total. The number of benzene rings is 1. The third-order valence-electron chi connectivity index (χ3n) is 1.91. The van der Waals surface area contributed by atoms with Crippen LogP contribution in [0.3, 0.4) is 0 Å². The van der Waals surface area contributed by atoms with Gasteiger partial charge >= 0.3 is 5.97 Å². The molecule has 2 N–H and O–H groups in total. The average molecular weight is 244 g/mol. The Morgan fingerprint density at radius 3 is 2.56 bits per heavy atom. The van der Waals surface area contributed by atoms with Gasteiger partial charge in [0.15, 0.2) is 0 Å². The van der Waals surface area contributed by atoms with Crippen LogP contribution in [0.1, 0.15) is 10.4 Å². The van der Waals surface area contributed by atoms with Crippen LogP contribution in [-0.4, -0.2) is 40.6 Å². The molecule has 0 heterocycles. The fourth-order valence-corrected chi connectivity index (χ4v) is 1.33. The van der Waals surface area contributed by atoms with Crippen LogP contribution in [0.5, 0.6) is 5.75 Å². The molecule has 0 spiro atoms. The molecule has 0 aromatic heterocycles. The first-order valence-electron chi connectivity index (χ1n) is 4.37. The lowest BCUT2D eigenvalue weighted by Crippen LogP contribution is -2.31. The number of nitrogens with zero attached hydrogens (tertiary/aromatic N) is 1. The second kappa shape index (κ2) is 4.85. The summed E-state index contributed by atoms with van der Waals surface area (Å²) in [5.74, 6) is -1.96. The van der Waals surface area contributed by atoms with Gasteiger partial charge in [-0.25, -0.2) is 0 Å². The predicted octanol–water partition coefficient (Wildman–Crippen LogP) is 1.20. The van der Waals surface area contributed by atoms with Crippen LogP contribution in [0, 0.1) is 0 Å². The summed E-state index contributed by atoms with van der Waals surface area (Å²) in [5, 5.41) is 18.3. The van der Waals surface area contributed by atoms with Gasteiger partial charge in [-0.05, 0) is 18.2 Å². The fraction of sp³-hybridized carbons (Fsp3) is 0.200. The quantitative estimate of drug-likeness (QED) is 0.836. The Morgan fingerprint density at radius 2 is 2.06 bits per heavy atom. The highest BCUT2D eigenvalue weighted by atomic mass is 35.5. The Hall–Kier alpha value is -1.75. The van der Waals surface area contributed by atoms with Gasteiger partial charge in [0, 0.05) is 12.1 Å². The Balaban J connectivity index is 2.92. The van der Waals surface area contributed by atoms with Crippen molar-refractivity contribution in [2.45, 2.75) is 0 Å². The minimum Gasteiger partial charge on any atom is -0.507 e. The molecular formula is C10H10ClNO4. The summed E-state index contributed by atoms with van der Waals surface area (Å²) >= 11 is 5.61. The minimum atomic E-state index is -1.12. The molecule has 0 radical (unpaired) electrons. The van der Waals surface area contributed by atoms with Crippen molar-refractivity contribution in [2.75, 3.05) is 13.6 Å². The van der Waals surface area contributed by atoms with Gasteiger partial charge in [0.25, 0.3) is 5.91 Å². The molecule has 6 heteroatoms. The summed E-state index contributed by atoms with van der Waals surface area (Å²) in [7, 11) is 1.34. The van der Waals surface area contributed by atoms with E-state index in [1.807, 2.05) is 0 Å². The first-order chi connectivity index (χ1) is 7.41. The normalized spacial score (nSPS) is 9.88. The molecule has 0 unspecified atom stereocenters. The number of aromatic hydroxyl groups is 1. The van der Waals surface area contributed by atoms with E-state index in [4.69, 9.17) is 16.7 Å². The number of carbonyl (C=O) groups excluding carboxylic acids is 1. The number of amides is 1. The molecule has 0 saturated carbocycles. The maximum atomic E-state index is 11.7. The van der Waals surface area contributed by atoms with Crippen LogP contribution < -0.4 is 0 Å². The molecule has 0 saturated heterocycles. The number of carboxylic acid groups (broad SMARTS) is 1. The van der Waals surface area contributed by atoms with Crippen molar-refractivity contribution in [3.8, 4) is 5.75 Å². The zero-order chi connectivity index (χ0) is 12.3. The lowest BCUT2D eigenvalue weighted by molar-refractivity contribution is -0.137. The van der Waals surface area contributed by atoms with E-state index < -0.39 is 18.4 Å². The van der Waals surface area contributed by atoms with E-state index >= 15 is 0 Å². The summed E-state index contributed by atoms with van der Waals surface area (Å²) < 4.78 is 0. The van der Waals surface area contributed by atoms with Crippen molar-refractivity contribution >= 4 is 23.5 Å². The molecule has 1 aromatic carbocycles. The standard InChI is InChI=1S/C10H10ClNO4/c1-12(5-9(14)15)10(16)7-3-2-6(11)4-8(7)13/h2-4,13H,5H2,1H3,(H,14,15). The Morgan fingerprint density at radius 1 is 1.44 bits per heavy atom. The molecule has 1 amide bonds. The van der Waals surface area contributed by atoms with Crippen molar-refractivity contribution in [1.82, 2.24) is 4.90 Å². The third kappa shape index (κ3) is 2.87. The molecule has 86 valence electrons. The third-order valence-corrected chi connectivity index (χ3v) is 2.14. The van der Waals surface area contributed by atoms with Gasteiger partial charge in [0.2, 0.25) is 0 Å². The summed E-state index contributed by atoms with van der Waals surface area (Å²) in [6.45, 7) is -0.430. The van der Waals surface area contributed by atoms with Gasteiger partial charge in [-0.15, -0.1) is 0 Å². The van der Waals surface area contributed by atoms with E-state index in [0.29, 0.717) is 5.02 Å². The average Bonchev–Trinajstić information content (AvgIpc) is 2.15. The van der Waals surface area contributed by atoms with Gasteiger partial charge in [-0.1, -0.05) is 11.6 Å². The number of phenols is 1. The van der Waals surface area contributed by atoms with E-state index in [-0.39, 0.29) is 11.3 Å². The van der Waals surface area contributed by atoms with E-state index in [9.17, 15) is 14.7 Å². The number of carboxylic acids is 1. The Labute approximate surface area is 96.9 Å². The SMILES string of the molecule is CN(CC(=O)O)C(=O)c1ccc(Cl)cc1O. The number of halogens is 1. The number of rotatable bonds is 3. The predicted molar refractivity (Wildman–Crippen MR) is 57.7 cm³/mol. The summed E-state index contributed by atoms with van der Waals surface area (Å²) in [6, 6.07) is 4.02. The Kier molecular flexibility index (Phi) is 3.73. The fourth-order valence-electron chi connectivity index (χ4n) is 1.17. The van der Waals surface area contributed by atoms with Crippen LogP contribution in [0.15, 0.2) is 18.2 Å². The van der Waals surface area contributed by atoms with Crippen LogP contribution in [-0.2, 0) is 4.79 Å². The smallest absolute Gasteiger partial charge is 0.323 e. The molecule has 0 aliphatic rings. The monoisotopic (exact) mass is 243 g/mol. The van der Waals surface area contributed by atoms with Crippen molar-refractivity contribution in [1.29, 1.82) is 0 Å². The lowest BCUT2D eigenvalue weighted by atomic mass is 10.2. The van der Waals surface area contributed by atoms with Crippen molar-refractivity contribution < 1.29 is 19.8 Å². The van der Waals surface area contributed by atoms with Crippen molar-refractivity contribution in [3.63, 3.8) is 0 Å². The largest absolute Gasteiger partial charge is 0.507 e. The highest BCUT2D eigenvalue weighted by Gasteiger charge is 2.17. The maximum absolute atomic E-state index is 11.7. The zero-order valence-electron chi connectivity index (χ0n) is 8.48. The van der Waals surface area contributed by atoms with Crippen LogP contribution >= 0.6 is 11.6 Å². The van der Waals surface area contributed by atoms with Crippen LogP contribution in [0.25, 0.3) is 0 Å². The molecule has 0 bridgehead atoms. The van der Waals surface area contributed by atoms with E-state index in [0.717, 1.165) is 4.90 Å². The van der Waals surface area contributed by atoms with E-state index in [1.54, 1.807) is 0 Å². The first-order valence-corrected chi connectivity index (χ1v) is 4.75. The summed E-state index contributed by atoms with van der Waals surface area (Å²) in [4.78, 5) is 23.1. The highest BCUT2D eigenvalue weighted by Crippen LogP contribution is 2.22. The molecule has 16 heavy (non-hydrogen) atoms. The second-order valence-corrected chi connectivity index (χ2v) is 3.65. The lowest BCUT2D eigenvalue weighted by Gasteiger charge is -2.15. The summed E-state index contributed by atoms with van der Waals surface area (Å²) in [5.41, 5.74) is 0.0214. The summed E-state index contributed by atoms with van der Waals surface area (Å²) in [6.07, 6.45) is 0. The molecule has 0 aliphatic carbocycles. The van der Waals surface area contributed by atoms with Gasteiger partial charge in [0.1, 0.15) is 12.3 Å². The molecule has 0 fully saturated rings. The maximum Gasteiger partial charge on any atom is 0.323 e. The molecule has 0 atom stereocenters. The van der Waals surface area contributed by atoms with Crippen LogP contribution in [0.2, 0.25) is 5.02 Å². The molecular weight excluding hydrogens is 234 g/mol. The van der Waals surface area contributed by atoms with Gasteiger partial charge in [0.05, 0.1) is 5.56 Å². The molecule has 1 rings (SSSR count). The number of likely N-dealkylation sites (N-methyl/N-ethyl adjacent to an activating group) is 1. The van der Waals surface area contributed by atoms with Gasteiger partial charge in [-0.3, -0.25) is 9.59 Å². The highest BCUT2D eigenvalue weighted by molar-refractivity contribution is 6.30. The van der Waals surface area contributed by atoms with Crippen molar-refractivity contribution in [3.05, 3.63) is 28.8 Å². The van der Waals surface area contributed by atoms with Crippen molar-refractivity contribution in [2.24, 2.45) is 0 Å². The first kappa shape index (κ1) is 12.3. The number of aliphatic carboxylic acids is 1. The zero-order valence-corrected chi connectivity index (χ0v) is 9.23. The van der Waals surface area contributed by atoms with Gasteiger partial charge < -0.3 is 15.1 Å². The molecule has 1 aromatic rings. The Bertz CT molecular complexity index is 433. The number of hydrogen-bond donors (Lipinski definition) is 2.